The van der Waals surface area contributed by atoms with E-state index in [1.807, 2.05) is 24.3 Å². The van der Waals surface area contributed by atoms with Crippen LogP contribution in [0, 0.1) is 0 Å². The third kappa shape index (κ3) is 3.97. The molecule has 0 radical (unpaired) electrons. The Labute approximate surface area is 150 Å². The third-order valence-corrected chi connectivity index (χ3v) is 7.55. The summed E-state index contributed by atoms with van der Waals surface area (Å²) in [6.07, 6.45) is -0.928. The monoisotopic (exact) mass is 374 g/mol. The number of benzene rings is 1. The van der Waals surface area contributed by atoms with Crippen molar-refractivity contribution in [2.45, 2.75) is 23.0 Å². The Hall–Kier alpha value is -0.586. The first-order valence-electron chi connectivity index (χ1n) is 7.70. The number of methoxy groups -OCH3 is 6. The van der Waals surface area contributed by atoms with Crippen LogP contribution in [0.25, 0.3) is 0 Å². The molecule has 0 aliphatic rings. The summed E-state index contributed by atoms with van der Waals surface area (Å²) in [5.74, 6) is 0. The second-order valence-electron chi connectivity index (χ2n) is 5.81. The smallest absolute Gasteiger partial charge is 0.185 e. The van der Waals surface area contributed by atoms with Crippen molar-refractivity contribution in [3.05, 3.63) is 35.4 Å². The molecule has 0 heterocycles. The van der Waals surface area contributed by atoms with E-state index in [4.69, 9.17) is 28.4 Å². The van der Waals surface area contributed by atoms with Crippen LogP contribution >= 0.6 is 0 Å². The van der Waals surface area contributed by atoms with Gasteiger partial charge in [0.15, 0.2) is 12.6 Å². The fraction of sp³-hybridized carbons (Fsp3) is 0.625. The summed E-state index contributed by atoms with van der Waals surface area (Å²) in [6.45, 7) is 0. The number of ether oxygens (including phenoxy) is 6. The average Bonchev–Trinajstić information content (AvgIpc) is 2.63. The Morgan fingerprint density at radius 3 is 1.04 bits per heavy atom. The molecular weight excluding hydrogens is 344 g/mol. The molecule has 0 fully saturated rings. The van der Waals surface area contributed by atoms with Crippen LogP contribution in [0.5, 0.6) is 0 Å². The summed E-state index contributed by atoms with van der Waals surface area (Å²) in [5, 5.41) is -1.18. The van der Waals surface area contributed by atoms with Gasteiger partial charge in [0.05, 0.1) is 20.5 Å². The molecule has 0 saturated heterocycles. The van der Waals surface area contributed by atoms with Gasteiger partial charge in [0.2, 0.25) is 0 Å². The zero-order chi connectivity index (χ0) is 18.4. The van der Waals surface area contributed by atoms with Crippen molar-refractivity contribution in [1.82, 2.24) is 0 Å². The van der Waals surface area contributed by atoms with E-state index < -0.39 is 23.0 Å². The van der Waals surface area contributed by atoms with Crippen molar-refractivity contribution in [2.75, 3.05) is 42.7 Å². The van der Waals surface area contributed by atoms with Gasteiger partial charge < -0.3 is 28.4 Å². The molecular formula is C16H30O6Si2. The van der Waals surface area contributed by atoms with Crippen LogP contribution in [0.4, 0.5) is 0 Å². The second-order valence-corrected chi connectivity index (χ2v) is 8.78. The van der Waals surface area contributed by atoms with Gasteiger partial charge in [0.25, 0.3) is 0 Å². The molecule has 0 amide bonds. The molecule has 0 saturated carbocycles. The van der Waals surface area contributed by atoms with Gasteiger partial charge in [-0.15, -0.1) is 0 Å². The van der Waals surface area contributed by atoms with Gasteiger partial charge in [0, 0.05) is 42.7 Å². The molecule has 138 valence electrons. The van der Waals surface area contributed by atoms with Crippen LogP contribution in [-0.4, -0.2) is 75.7 Å². The predicted octanol–water partition coefficient (Wildman–Crippen LogP) is -0.746. The highest BCUT2D eigenvalue weighted by atomic mass is 28.1. The predicted molar refractivity (Wildman–Crippen MR) is 99.3 cm³/mol. The van der Waals surface area contributed by atoms with E-state index in [1.54, 1.807) is 42.7 Å². The summed E-state index contributed by atoms with van der Waals surface area (Å²) in [4.78, 5) is 0. The first kappa shape index (κ1) is 21.5. The maximum atomic E-state index is 5.75. The number of hydrogen-bond acceptors (Lipinski definition) is 6. The highest BCUT2D eigenvalue weighted by Crippen LogP contribution is 2.32. The highest BCUT2D eigenvalue weighted by Gasteiger charge is 2.39. The largest absolute Gasteiger partial charge is 0.373 e. The lowest BCUT2D eigenvalue weighted by atomic mass is 10.0. The fourth-order valence-electron chi connectivity index (χ4n) is 2.92. The van der Waals surface area contributed by atoms with Crippen molar-refractivity contribution in [3.63, 3.8) is 0 Å². The van der Waals surface area contributed by atoms with Crippen molar-refractivity contribution < 1.29 is 28.4 Å². The van der Waals surface area contributed by atoms with Crippen LogP contribution in [0.3, 0.4) is 0 Å². The van der Waals surface area contributed by atoms with Gasteiger partial charge in [0.1, 0.15) is 10.4 Å². The minimum absolute atomic E-state index is 0.464. The summed E-state index contributed by atoms with van der Waals surface area (Å²) < 4.78 is 33.2. The SMILES string of the molecule is COC(OC)C([SiH3])(OC)c1ccc(C([SiH3])(OC)C(OC)OC)cc1. The van der Waals surface area contributed by atoms with Crippen molar-refractivity contribution in [1.29, 1.82) is 0 Å². The summed E-state index contributed by atoms with van der Waals surface area (Å²) >= 11 is 0. The molecule has 1 rings (SSSR count). The quantitative estimate of drug-likeness (QED) is 0.397. The van der Waals surface area contributed by atoms with Crippen LogP contribution < -0.4 is 0 Å². The van der Waals surface area contributed by atoms with Gasteiger partial charge in [-0.1, -0.05) is 24.3 Å². The normalized spacial score (nSPS) is 17.3. The number of hydrogen-bond donors (Lipinski definition) is 0. The summed E-state index contributed by atoms with van der Waals surface area (Å²) in [6, 6.07) is 8.08. The maximum Gasteiger partial charge on any atom is 0.185 e. The lowest BCUT2D eigenvalue weighted by Gasteiger charge is -2.37. The van der Waals surface area contributed by atoms with Crippen molar-refractivity contribution in [3.8, 4) is 0 Å². The molecule has 1 aromatic rings. The molecule has 0 aliphatic carbocycles. The Morgan fingerprint density at radius 1 is 0.625 bits per heavy atom. The lowest BCUT2D eigenvalue weighted by molar-refractivity contribution is -0.197. The minimum Gasteiger partial charge on any atom is -0.373 e. The Balaban J connectivity index is 3.24. The van der Waals surface area contributed by atoms with E-state index in [2.05, 4.69) is 0 Å². The van der Waals surface area contributed by atoms with E-state index >= 15 is 0 Å². The Morgan fingerprint density at radius 2 is 0.875 bits per heavy atom. The van der Waals surface area contributed by atoms with Crippen LogP contribution in [0.1, 0.15) is 11.1 Å². The second kappa shape index (κ2) is 9.21. The lowest BCUT2D eigenvalue weighted by Crippen LogP contribution is -2.45. The molecule has 8 heteroatoms. The van der Waals surface area contributed by atoms with Crippen molar-refractivity contribution in [2.24, 2.45) is 0 Å². The number of rotatable bonds is 10. The molecule has 1 aromatic carbocycles. The molecule has 0 aromatic heterocycles. The van der Waals surface area contributed by atoms with E-state index in [9.17, 15) is 0 Å². The first-order valence-corrected chi connectivity index (χ1v) is 9.70. The molecule has 0 aliphatic heterocycles. The molecule has 2 atom stereocenters. The van der Waals surface area contributed by atoms with Crippen molar-refractivity contribution >= 4 is 20.5 Å². The van der Waals surface area contributed by atoms with E-state index in [0.29, 0.717) is 20.5 Å². The van der Waals surface area contributed by atoms with Gasteiger partial charge in [-0.2, -0.15) is 0 Å². The van der Waals surface area contributed by atoms with E-state index in [1.165, 1.54) is 0 Å². The standard InChI is InChI=1S/C16H30O6Si2/c1-17-13(18-2)15(23,21-5)11-7-9-12(10-8-11)16(24,22-6)14(19-3)20-4/h7-10,13-14H,1-6,23-24H3. The van der Waals surface area contributed by atoms with Gasteiger partial charge in [-0.3, -0.25) is 0 Å². The average molecular weight is 375 g/mol. The molecule has 0 N–H and O–H groups in total. The third-order valence-electron chi connectivity index (χ3n) is 4.64. The summed E-state index contributed by atoms with van der Waals surface area (Å²) in [7, 11) is 11.2. The topological polar surface area (TPSA) is 55.4 Å². The maximum absolute atomic E-state index is 5.75. The zero-order valence-corrected chi connectivity index (χ0v) is 19.9. The highest BCUT2D eigenvalue weighted by molar-refractivity contribution is 6.16. The van der Waals surface area contributed by atoms with Crippen LogP contribution in [0.15, 0.2) is 24.3 Å². The summed E-state index contributed by atoms with van der Waals surface area (Å²) in [5.41, 5.74) is 2.00. The Bertz CT molecular complexity index is 447. The molecule has 0 spiro atoms. The van der Waals surface area contributed by atoms with Gasteiger partial charge in [-0.25, -0.2) is 0 Å². The molecule has 6 nitrogen and oxygen atoms in total. The van der Waals surface area contributed by atoms with Crippen LogP contribution in [0.2, 0.25) is 0 Å². The van der Waals surface area contributed by atoms with Gasteiger partial charge >= 0.3 is 0 Å². The van der Waals surface area contributed by atoms with Crippen LogP contribution in [-0.2, 0) is 38.9 Å². The van der Waals surface area contributed by atoms with E-state index in [0.717, 1.165) is 11.1 Å². The minimum atomic E-state index is -0.592. The zero-order valence-electron chi connectivity index (χ0n) is 15.9. The molecule has 2 unspecified atom stereocenters. The first-order chi connectivity index (χ1) is 11.4. The van der Waals surface area contributed by atoms with Gasteiger partial charge in [-0.05, 0) is 11.1 Å². The Kier molecular flexibility index (Phi) is 8.23. The van der Waals surface area contributed by atoms with E-state index in [-0.39, 0.29) is 0 Å². The molecule has 0 bridgehead atoms. The molecule has 24 heavy (non-hydrogen) atoms. The fourth-order valence-corrected chi connectivity index (χ4v) is 4.53.